The normalized spacial score (nSPS) is 21.5. The number of amides is 2. The molecule has 1 saturated heterocycles. The van der Waals surface area contributed by atoms with Gasteiger partial charge >= 0.3 is 6.03 Å². The number of nitrogens with one attached hydrogen (secondary N) is 2. The van der Waals surface area contributed by atoms with E-state index in [0.717, 1.165) is 23.0 Å². The third kappa shape index (κ3) is 2.99. The van der Waals surface area contributed by atoms with E-state index in [1.807, 2.05) is 32.0 Å². The second-order valence-corrected chi connectivity index (χ2v) is 8.35. The van der Waals surface area contributed by atoms with Crippen LogP contribution in [0.5, 0.6) is 0 Å². The van der Waals surface area contributed by atoms with Gasteiger partial charge in [-0.1, -0.05) is 0 Å². The zero-order chi connectivity index (χ0) is 15.7. The molecule has 1 unspecified atom stereocenters. The van der Waals surface area contributed by atoms with Crippen molar-refractivity contribution in [3.63, 3.8) is 0 Å². The Kier molecular flexibility index (Phi) is 3.90. The van der Waals surface area contributed by atoms with Crippen LogP contribution in [0.3, 0.4) is 0 Å². The summed E-state index contributed by atoms with van der Waals surface area (Å²) >= 11 is 0. The van der Waals surface area contributed by atoms with Gasteiger partial charge in [0, 0.05) is 45.5 Å². The minimum Gasteiger partial charge on any atom is -0.324 e. The summed E-state index contributed by atoms with van der Waals surface area (Å²) in [5.41, 5.74) is 1.67. The summed E-state index contributed by atoms with van der Waals surface area (Å²) in [6, 6.07) is 5.48. The molecule has 1 aromatic heterocycles. The number of aromatic amines is 1. The number of hydrogen-bond acceptors (Lipinski definition) is 3. The molecule has 22 heavy (non-hydrogen) atoms. The van der Waals surface area contributed by atoms with Crippen LogP contribution in [0.25, 0.3) is 10.9 Å². The quantitative estimate of drug-likeness (QED) is 0.846. The number of urea groups is 1. The molecule has 0 spiro atoms. The fourth-order valence-electron chi connectivity index (χ4n) is 2.53. The Morgan fingerprint density at radius 2 is 2.23 bits per heavy atom. The number of hydrogen-bond donors (Lipinski definition) is 2. The van der Waals surface area contributed by atoms with Gasteiger partial charge in [0.1, 0.15) is 0 Å². The van der Waals surface area contributed by atoms with E-state index in [-0.39, 0.29) is 10.8 Å². The van der Waals surface area contributed by atoms with Crippen LogP contribution in [0.15, 0.2) is 24.4 Å². The number of fused-ring (bicyclic) bond motifs is 1. The second-order valence-electron chi connectivity index (χ2n) is 6.15. The van der Waals surface area contributed by atoms with Crippen molar-refractivity contribution in [3.8, 4) is 0 Å². The van der Waals surface area contributed by atoms with E-state index in [4.69, 9.17) is 0 Å². The number of carbonyl (C=O) groups is 1. The molecular weight excluding hydrogens is 300 g/mol. The van der Waals surface area contributed by atoms with Gasteiger partial charge in [-0.05, 0) is 38.5 Å². The van der Waals surface area contributed by atoms with Crippen molar-refractivity contribution in [3.05, 3.63) is 24.4 Å². The van der Waals surface area contributed by atoms with E-state index in [0.29, 0.717) is 18.8 Å². The first-order chi connectivity index (χ1) is 10.5. The van der Waals surface area contributed by atoms with E-state index in [9.17, 15) is 9.00 Å². The molecule has 3 rings (SSSR count). The van der Waals surface area contributed by atoms with Crippen LogP contribution in [0.2, 0.25) is 0 Å². The number of aromatic nitrogens is 2. The highest BCUT2D eigenvalue weighted by molar-refractivity contribution is 7.86. The number of nitrogens with zero attached hydrogens (tertiary/aromatic N) is 2. The Labute approximate surface area is 131 Å². The average Bonchev–Trinajstić information content (AvgIpc) is 2.88. The van der Waals surface area contributed by atoms with Crippen molar-refractivity contribution < 1.29 is 9.00 Å². The topological polar surface area (TPSA) is 78.1 Å². The third-order valence-corrected chi connectivity index (χ3v) is 6.12. The van der Waals surface area contributed by atoms with Crippen LogP contribution in [0, 0.1) is 0 Å². The molecule has 2 heterocycles. The van der Waals surface area contributed by atoms with Crippen LogP contribution < -0.4 is 5.32 Å². The van der Waals surface area contributed by atoms with E-state index in [1.165, 1.54) is 0 Å². The van der Waals surface area contributed by atoms with Gasteiger partial charge in [0.05, 0.1) is 11.7 Å². The molecule has 1 aliphatic heterocycles. The lowest BCUT2D eigenvalue weighted by Gasteiger charge is -2.22. The van der Waals surface area contributed by atoms with Gasteiger partial charge in [-0.15, -0.1) is 0 Å². The second kappa shape index (κ2) is 5.72. The zero-order valence-corrected chi connectivity index (χ0v) is 13.6. The average molecular weight is 320 g/mol. The van der Waals surface area contributed by atoms with Crippen LogP contribution in [-0.4, -0.2) is 48.9 Å². The predicted molar refractivity (Wildman–Crippen MR) is 88.4 cm³/mol. The van der Waals surface area contributed by atoms with E-state index in [1.54, 1.807) is 11.1 Å². The van der Waals surface area contributed by atoms with Crippen LogP contribution in [-0.2, 0) is 10.8 Å². The molecule has 6 nitrogen and oxygen atoms in total. The van der Waals surface area contributed by atoms with Crippen molar-refractivity contribution in [2.45, 2.75) is 25.0 Å². The maximum Gasteiger partial charge on any atom is 0.321 e. The summed E-state index contributed by atoms with van der Waals surface area (Å²) in [6.07, 6.45) is 2.47. The molecule has 0 radical (unpaired) electrons. The summed E-state index contributed by atoms with van der Waals surface area (Å²) in [4.78, 5) is 14.1. The molecule has 2 amide bonds. The largest absolute Gasteiger partial charge is 0.324 e. The SMILES string of the molecule is CC1(C)CCN(C(=O)Nc2ccc3[nH]ncc3c2)CCS1=O. The Morgan fingerprint density at radius 1 is 1.41 bits per heavy atom. The Balaban J connectivity index is 1.70. The first kappa shape index (κ1) is 15.0. The highest BCUT2D eigenvalue weighted by Gasteiger charge is 2.31. The Morgan fingerprint density at radius 3 is 3.05 bits per heavy atom. The number of carbonyl (C=O) groups excluding carboxylic acids is 1. The van der Waals surface area contributed by atoms with Gasteiger partial charge in [-0.3, -0.25) is 9.31 Å². The zero-order valence-electron chi connectivity index (χ0n) is 12.8. The van der Waals surface area contributed by atoms with Crippen molar-refractivity contribution >= 4 is 33.4 Å². The van der Waals surface area contributed by atoms with Crippen molar-refractivity contribution in [1.29, 1.82) is 0 Å². The predicted octanol–water partition coefficient (Wildman–Crippen LogP) is 2.33. The molecule has 0 saturated carbocycles. The van der Waals surface area contributed by atoms with Gasteiger partial charge in [0.2, 0.25) is 0 Å². The molecule has 2 aromatic rings. The van der Waals surface area contributed by atoms with Gasteiger partial charge in [0.25, 0.3) is 0 Å². The third-order valence-electron chi connectivity index (χ3n) is 4.13. The molecule has 0 bridgehead atoms. The maximum absolute atomic E-state index is 12.4. The molecule has 118 valence electrons. The lowest BCUT2D eigenvalue weighted by molar-refractivity contribution is 0.214. The minimum absolute atomic E-state index is 0.141. The van der Waals surface area contributed by atoms with Crippen LogP contribution in [0.1, 0.15) is 20.3 Å². The molecule has 0 aliphatic carbocycles. The molecule has 1 aromatic carbocycles. The van der Waals surface area contributed by atoms with Gasteiger partial charge in [0.15, 0.2) is 0 Å². The summed E-state index contributed by atoms with van der Waals surface area (Å²) < 4.78 is 11.9. The number of anilines is 1. The van der Waals surface area contributed by atoms with E-state index >= 15 is 0 Å². The van der Waals surface area contributed by atoms with Crippen LogP contribution >= 0.6 is 0 Å². The Bertz CT molecular complexity index is 725. The van der Waals surface area contributed by atoms with Crippen molar-refractivity contribution in [2.24, 2.45) is 0 Å². The minimum atomic E-state index is -0.899. The summed E-state index contributed by atoms with van der Waals surface area (Å²) in [5.74, 6) is 0.529. The van der Waals surface area contributed by atoms with Gasteiger partial charge in [-0.2, -0.15) is 5.10 Å². The lowest BCUT2D eigenvalue weighted by Crippen LogP contribution is -2.37. The standard InChI is InChI=1S/C15H20N4O2S/c1-15(2)5-6-19(7-8-22(15)21)14(20)17-12-3-4-13-11(9-12)10-16-18-13/h3-4,9-10H,5-8H2,1-2H3,(H,16,18)(H,17,20). The fourth-order valence-corrected chi connectivity index (χ4v) is 3.78. The smallest absolute Gasteiger partial charge is 0.321 e. The monoisotopic (exact) mass is 320 g/mol. The lowest BCUT2D eigenvalue weighted by atomic mass is 10.1. The summed E-state index contributed by atoms with van der Waals surface area (Å²) in [7, 11) is -0.899. The maximum atomic E-state index is 12.4. The van der Waals surface area contributed by atoms with Crippen molar-refractivity contribution in [1.82, 2.24) is 15.1 Å². The first-order valence-electron chi connectivity index (χ1n) is 7.33. The molecule has 1 aliphatic rings. The van der Waals surface area contributed by atoms with Gasteiger partial charge in [-0.25, -0.2) is 4.79 Å². The number of H-pyrrole nitrogens is 1. The summed E-state index contributed by atoms with van der Waals surface area (Å²) in [6.45, 7) is 5.14. The molecule has 2 N–H and O–H groups in total. The summed E-state index contributed by atoms with van der Waals surface area (Å²) in [5, 5.41) is 10.7. The van der Waals surface area contributed by atoms with Crippen molar-refractivity contribution in [2.75, 3.05) is 24.2 Å². The fraction of sp³-hybridized carbons (Fsp3) is 0.467. The highest BCUT2D eigenvalue weighted by atomic mass is 32.2. The molecule has 7 heteroatoms. The van der Waals surface area contributed by atoms with E-state index < -0.39 is 10.8 Å². The first-order valence-corrected chi connectivity index (χ1v) is 8.65. The molecule has 1 fully saturated rings. The molecular formula is C15H20N4O2S. The number of rotatable bonds is 1. The Hall–Kier alpha value is -1.89. The van der Waals surface area contributed by atoms with E-state index in [2.05, 4.69) is 15.5 Å². The van der Waals surface area contributed by atoms with Crippen LogP contribution in [0.4, 0.5) is 10.5 Å². The number of benzene rings is 1. The van der Waals surface area contributed by atoms with Gasteiger partial charge < -0.3 is 10.2 Å². The highest BCUT2D eigenvalue weighted by Crippen LogP contribution is 2.23. The molecule has 1 atom stereocenters.